The van der Waals surface area contributed by atoms with E-state index in [1.807, 2.05) is 51.4 Å². The van der Waals surface area contributed by atoms with Crippen molar-refractivity contribution in [2.24, 2.45) is 7.05 Å². The van der Waals surface area contributed by atoms with Crippen molar-refractivity contribution in [3.8, 4) is 11.3 Å². The van der Waals surface area contributed by atoms with E-state index in [9.17, 15) is 0 Å². The fraction of sp³-hybridized carbons (Fsp3) is 0.280. The Hall–Kier alpha value is -3.12. The summed E-state index contributed by atoms with van der Waals surface area (Å²) in [6.07, 6.45) is 0. The van der Waals surface area contributed by atoms with Gasteiger partial charge in [0.25, 0.3) is 0 Å². The van der Waals surface area contributed by atoms with E-state index in [1.54, 1.807) is 24.3 Å². The Morgan fingerprint density at radius 3 is 2.61 bits per heavy atom. The van der Waals surface area contributed by atoms with Crippen LogP contribution in [0.3, 0.4) is 0 Å². The number of furan rings is 1. The quantitative estimate of drug-likeness (QED) is 0.284. The molecule has 0 N–H and O–H groups in total. The normalized spacial score (nSPS) is 14.4. The van der Waals surface area contributed by atoms with Gasteiger partial charge in [-0.3, -0.25) is 0 Å². The van der Waals surface area contributed by atoms with Gasteiger partial charge in [-0.2, -0.15) is 4.57 Å². The summed E-state index contributed by atoms with van der Waals surface area (Å²) in [5.74, 6) is -0.801. The molecule has 0 saturated heterocycles. The van der Waals surface area contributed by atoms with Crippen molar-refractivity contribution in [3.63, 3.8) is 0 Å². The van der Waals surface area contributed by atoms with Crippen LogP contribution in [0.2, 0.25) is 0 Å². The largest absolute Gasteiger partial charge is 0.466 e. The minimum Gasteiger partial charge on any atom is -0.466 e. The molecule has 0 fully saturated rings. The number of fused-ring (bicyclic) bond motifs is 3. The molecular formula is C25H25N2O+. The van der Waals surface area contributed by atoms with Gasteiger partial charge in [0, 0.05) is 35.3 Å². The minimum absolute atomic E-state index is 0.214. The molecule has 0 atom stereocenters. The first kappa shape index (κ1) is 14.0. The molecule has 2 aromatic carbocycles. The monoisotopic (exact) mass is 373 g/mol. The summed E-state index contributed by atoms with van der Waals surface area (Å²) in [7, 11) is 1.95. The lowest BCUT2D eigenvalue weighted by molar-refractivity contribution is -0.666. The molecule has 0 amide bonds. The Kier molecular flexibility index (Phi) is 3.24. The van der Waals surface area contributed by atoms with Crippen LogP contribution in [0.15, 0.2) is 40.8 Å². The SMILES string of the molecule is [2H]C([2H])([2H])c1cc(C)c(-c2cc(C([2H])(C)C)cc(C)[n+]2C)c2oc3c([N+]#[C-])cccc3c12. The molecule has 3 nitrogen and oxygen atoms in total. The second-order valence-electron chi connectivity index (χ2n) is 7.52. The Bertz CT molecular complexity index is 1430. The van der Waals surface area contributed by atoms with Crippen LogP contribution < -0.4 is 4.57 Å². The molecule has 0 aliphatic carbocycles. The lowest BCUT2D eigenvalue weighted by atomic mass is 9.94. The molecule has 2 heterocycles. The van der Waals surface area contributed by atoms with Crippen molar-refractivity contribution in [2.45, 2.75) is 40.4 Å². The highest BCUT2D eigenvalue weighted by molar-refractivity contribution is 6.14. The molecule has 140 valence electrons. The highest BCUT2D eigenvalue weighted by atomic mass is 16.3. The standard InChI is InChI=1S/C25H25N2O/c1-14(2)18-12-17(5)27(7)21(13-18)23-16(4)11-15(3)22-19-9-8-10-20(26-6)24(19)28-25(22)23/h8-14H,1-5,7H3/q+1/i3D3,14D. The number of benzene rings is 2. The van der Waals surface area contributed by atoms with E-state index >= 15 is 0 Å². The van der Waals surface area contributed by atoms with Gasteiger partial charge in [0.1, 0.15) is 18.2 Å². The molecule has 0 unspecified atom stereocenters. The molecule has 4 rings (SSSR count). The second-order valence-corrected chi connectivity index (χ2v) is 7.52. The van der Waals surface area contributed by atoms with Gasteiger partial charge in [-0.05, 0) is 36.4 Å². The van der Waals surface area contributed by atoms with Gasteiger partial charge in [-0.25, -0.2) is 4.85 Å². The van der Waals surface area contributed by atoms with E-state index in [0.29, 0.717) is 27.6 Å². The first-order chi connectivity index (χ1) is 14.8. The highest BCUT2D eigenvalue weighted by Gasteiger charge is 2.24. The molecule has 0 aliphatic rings. The summed E-state index contributed by atoms with van der Waals surface area (Å²) < 4.78 is 41.2. The fourth-order valence-electron chi connectivity index (χ4n) is 3.82. The van der Waals surface area contributed by atoms with Crippen LogP contribution in [-0.2, 0) is 7.05 Å². The van der Waals surface area contributed by atoms with Gasteiger partial charge in [0.2, 0.25) is 11.4 Å². The predicted octanol–water partition coefficient (Wildman–Crippen LogP) is 6.68. The summed E-state index contributed by atoms with van der Waals surface area (Å²) in [5, 5.41) is 1.14. The predicted molar refractivity (Wildman–Crippen MR) is 115 cm³/mol. The van der Waals surface area contributed by atoms with Crippen LogP contribution in [-0.4, -0.2) is 0 Å². The van der Waals surface area contributed by atoms with E-state index in [4.69, 9.17) is 16.5 Å². The van der Waals surface area contributed by atoms with Crippen LogP contribution in [0.4, 0.5) is 5.69 Å². The average Bonchev–Trinajstić information content (AvgIpc) is 3.07. The van der Waals surface area contributed by atoms with Crippen LogP contribution >= 0.6 is 0 Å². The van der Waals surface area contributed by atoms with Gasteiger partial charge in [0.15, 0.2) is 5.69 Å². The Balaban J connectivity index is 2.24. The van der Waals surface area contributed by atoms with Crippen LogP contribution in [0, 0.1) is 27.3 Å². The third-order valence-electron chi connectivity index (χ3n) is 5.45. The number of nitrogens with zero attached hydrogens (tertiary/aromatic N) is 2. The molecule has 3 heteroatoms. The maximum atomic E-state index is 8.53. The smallest absolute Gasteiger partial charge is 0.229 e. The Morgan fingerprint density at radius 2 is 1.93 bits per heavy atom. The second kappa shape index (κ2) is 6.49. The molecule has 0 saturated carbocycles. The molecule has 0 bridgehead atoms. The van der Waals surface area contributed by atoms with Gasteiger partial charge in [0.05, 0.1) is 12.1 Å². The van der Waals surface area contributed by atoms with Gasteiger partial charge in [-0.1, -0.05) is 38.1 Å². The number of aryl methyl sites for hydroxylation is 3. The van der Waals surface area contributed by atoms with Crippen LogP contribution in [0.1, 0.15) is 47.6 Å². The maximum Gasteiger partial charge on any atom is 0.229 e. The van der Waals surface area contributed by atoms with E-state index in [-0.39, 0.29) is 5.56 Å². The molecule has 2 aromatic heterocycles. The third-order valence-corrected chi connectivity index (χ3v) is 5.45. The zero-order chi connectivity index (χ0) is 23.6. The Morgan fingerprint density at radius 1 is 1.14 bits per heavy atom. The zero-order valence-electron chi connectivity index (χ0n) is 20.8. The topological polar surface area (TPSA) is 21.4 Å². The van der Waals surface area contributed by atoms with Gasteiger partial charge < -0.3 is 4.42 Å². The summed E-state index contributed by atoms with van der Waals surface area (Å²) >= 11 is 0. The molecule has 28 heavy (non-hydrogen) atoms. The molecule has 0 radical (unpaired) electrons. The maximum absolute atomic E-state index is 8.53. The lowest BCUT2D eigenvalue weighted by Crippen LogP contribution is -2.35. The summed E-state index contributed by atoms with van der Waals surface area (Å²) in [6.45, 7) is 12.7. The van der Waals surface area contributed by atoms with Crippen molar-refractivity contribution in [1.82, 2.24) is 0 Å². The average molecular weight is 374 g/mol. The number of para-hydroxylation sites is 1. The molecule has 4 aromatic rings. The number of rotatable bonds is 2. The first-order valence-electron chi connectivity index (χ1n) is 11.2. The third kappa shape index (κ3) is 2.60. The minimum atomic E-state index is -2.34. The zero-order valence-corrected chi connectivity index (χ0v) is 16.8. The van der Waals surface area contributed by atoms with Crippen molar-refractivity contribution in [3.05, 3.63) is 70.2 Å². The van der Waals surface area contributed by atoms with E-state index in [2.05, 4.69) is 4.85 Å². The van der Waals surface area contributed by atoms with Gasteiger partial charge >= 0.3 is 0 Å². The number of hydrogen-bond acceptors (Lipinski definition) is 1. The molecular weight excluding hydrogens is 344 g/mol. The van der Waals surface area contributed by atoms with E-state index in [1.165, 1.54) is 0 Å². The van der Waals surface area contributed by atoms with E-state index < -0.39 is 12.7 Å². The van der Waals surface area contributed by atoms with Crippen molar-refractivity contribution >= 4 is 27.6 Å². The summed E-state index contributed by atoms with van der Waals surface area (Å²) in [4.78, 5) is 3.57. The first-order valence-corrected chi connectivity index (χ1v) is 9.23. The fourth-order valence-corrected chi connectivity index (χ4v) is 3.82. The molecule has 0 spiro atoms. The van der Waals surface area contributed by atoms with E-state index in [0.717, 1.165) is 28.1 Å². The van der Waals surface area contributed by atoms with Gasteiger partial charge in [-0.15, -0.1) is 0 Å². The summed E-state index contributed by atoms with van der Waals surface area (Å²) in [5.41, 5.74) is 5.62. The van der Waals surface area contributed by atoms with Crippen molar-refractivity contribution in [1.29, 1.82) is 0 Å². The number of aromatic nitrogens is 1. The number of pyridine rings is 1. The van der Waals surface area contributed by atoms with Crippen LogP contribution in [0.25, 0.3) is 38.0 Å². The summed E-state index contributed by atoms with van der Waals surface area (Å²) in [6, 6.07) is 10.9. The van der Waals surface area contributed by atoms with Crippen LogP contribution in [0.5, 0.6) is 0 Å². The Labute approximate surface area is 171 Å². The number of hydrogen-bond donors (Lipinski definition) is 0. The van der Waals surface area contributed by atoms with Crippen molar-refractivity contribution in [2.75, 3.05) is 0 Å². The lowest BCUT2D eigenvalue weighted by Gasteiger charge is -2.12. The molecule has 0 aliphatic heterocycles. The highest BCUT2D eigenvalue weighted by Crippen LogP contribution is 2.42. The van der Waals surface area contributed by atoms with Crippen molar-refractivity contribution < 1.29 is 14.5 Å².